The zero-order valence-corrected chi connectivity index (χ0v) is 14.0. The third kappa shape index (κ3) is 3.99. The van der Waals surface area contributed by atoms with Gasteiger partial charge < -0.3 is 9.84 Å². The summed E-state index contributed by atoms with van der Waals surface area (Å²) in [7, 11) is 0.978. The van der Waals surface area contributed by atoms with Gasteiger partial charge in [-0.3, -0.25) is 0 Å². The second-order valence-corrected chi connectivity index (χ2v) is 5.99. The Morgan fingerprint density at radius 2 is 1.92 bits per heavy atom. The first-order chi connectivity index (χ1) is 11.1. The van der Waals surface area contributed by atoms with Crippen LogP contribution >= 0.6 is 0 Å². The van der Waals surface area contributed by atoms with Gasteiger partial charge in [-0.05, 0) is 18.8 Å². The fourth-order valence-corrected chi connectivity index (χ4v) is 2.95. The first-order valence-corrected chi connectivity index (χ1v) is 7.80. The van der Waals surface area contributed by atoms with Crippen LogP contribution in [0.25, 0.3) is 0 Å². The van der Waals surface area contributed by atoms with E-state index in [4.69, 9.17) is 0 Å². The molecule has 1 rings (SSSR count). The molecule has 1 aliphatic rings. The van der Waals surface area contributed by atoms with E-state index in [-0.39, 0.29) is 5.92 Å². The van der Waals surface area contributed by atoms with Gasteiger partial charge in [-0.15, -0.1) is 0 Å². The summed E-state index contributed by atoms with van der Waals surface area (Å²) in [5.41, 5.74) is -3.97. The van der Waals surface area contributed by atoms with Gasteiger partial charge in [-0.1, -0.05) is 38.8 Å². The lowest BCUT2D eigenvalue weighted by atomic mass is 9.72. The maximum Gasteiger partial charge on any atom is 0.416 e. The van der Waals surface area contributed by atoms with Crippen molar-refractivity contribution in [2.24, 2.45) is 11.3 Å². The summed E-state index contributed by atoms with van der Waals surface area (Å²) >= 11 is 0. The van der Waals surface area contributed by atoms with E-state index >= 15 is 0 Å². The molecular formula is C17H22F3NO3. The minimum atomic E-state index is -4.77. The highest BCUT2D eigenvalue weighted by molar-refractivity contribution is 5.83. The quantitative estimate of drug-likeness (QED) is 0.434. The van der Waals surface area contributed by atoms with E-state index in [1.54, 1.807) is 0 Å². The Bertz CT molecular complexity index is 567. The number of halogens is 3. The largest absolute Gasteiger partial charge is 0.466 e. The molecule has 0 aromatic heterocycles. The van der Waals surface area contributed by atoms with Gasteiger partial charge in [0.2, 0.25) is 0 Å². The second-order valence-electron chi connectivity index (χ2n) is 5.99. The number of carbonyl (C=O) groups excluding carboxylic acids is 1. The summed E-state index contributed by atoms with van der Waals surface area (Å²) in [5.74, 6) is -1.50. The maximum atomic E-state index is 13.1. The van der Waals surface area contributed by atoms with E-state index in [0.717, 1.165) is 13.2 Å². The van der Waals surface area contributed by atoms with Crippen LogP contribution in [0.3, 0.4) is 0 Å². The highest BCUT2D eigenvalue weighted by Crippen LogP contribution is 2.58. The van der Waals surface area contributed by atoms with Gasteiger partial charge in [-0.2, -0.15) is 18.4 Å². The van der Waals surface area contributed by atoms with Gasteiger partial charge in [0.15, 0.2) is 0 Å². The Morgan fingerprint density at radius 3 is 2.25 bits per heavy atom. The van der Waals surface area contributed by atoms with Crippen molar-refractivity contribution in [3.63, 3.8) is 0 Å². The molecule has 0 saturated heterocycles. The van der Waals surface area contributed by atoms with Crippen LogP contribution in [0.5, 0.6) is 0 Å². The number of rotatable bonds is 7. The summed E-state index contributed by atoms with van der Waals surface area (Å²) < 4.78 is 43.5. The molecule has 134 valence electrons. The van der Waals surface area contributed by atoms with Crippen molar-refractivity contribution in [3.8, 4) is 6.07 Å². The van der Waals surface area contributed by atoms with Crippen molar-refractivity contribution < 1.29 is 27.8 Å². The van der Waals surface area contributed by atoms with Crippen LogP contribution in [-0.2, 0) is 9.53 Å². The number of methoxy groups -OCH3 is 1. The van der Waals surface area contributed by atoms with Crippen molar-refractivity contribution in [2.45, 2.75) is 51.3 Å². The van der Waals surface area contributed by atoms with Crippen molar-refractivity contribution in [1.82, 2.24) is 0 Å². The van der Waals surface area contributed by atoms with Crippen LogP contribution in [0, 0.1) is 22.7 Å². The average Bonchev–Trinajstić information content (AvgIpc) is 3.32. The molecule has 1 aliphatic carbocycles. The summed E-state index contributed by atoms with van der Waals surface area (Å²) in [5, 5.41) is 20.4. The third-order valence-electron chi connectivity index (χ3n) is 4.66. The number of esters is 1. The highest BCUT2D eigenvalue weighted by Gasteiger charge is 2.60. The molecule has 4 nitrogen and oxygen atoms in total. The zero-order chi connectivity index (χ0) is 18.6. The molecule has 0 bridgehead atoms. The van der Waals surface area contributed by atoms with Gasteiger partial charge in [0, 0.05) is 6.08 Å². The second kappa shape index (κ2) is 7.39. The van der Waals surface area contributed by atoms with E-state index in [2.05, 4.69) is 10.8 Å². The predicted molar refractivity (Wildman–Crippen MR) is 81.6 cm³/mol. The number of alkyl halides is 3. The molecule has 0 amide bonds. The molecule has 1 unspecified atom stereocenters. The lowest BCUT2D eigenvalue weighted by molar-refractivity contribution is -0.135. The third-order valence-corrected chi connectivity index (χ3v) is 4.66. The maximum absolute atomic E-state index is 13.1. The first kappa shape index (κ1) is 20.2. The van der Waals surface area contributed by atoms with Crippen LogP contribution in [0.2, 0.25) is 0 Å². The van der Waals surface area contributed by atoms with Gasteiger partial charge >= 0.3 is 12.1 Å². The number of nitrogens with zero attached hydrogens (tertiary/aromatic N) is 1. The number of allylic oxidation sites excluding steroid dienone is 2. The minimum Gasteiger partial charge on any atom is -0.466 e. The predicted octanol–water partition coefficient (Wildman–Crippen LogP) is 3.68. The molecule has 0 heterocycles. The molecule has 1 N–H and O–H groups in total. The summed E-state index contributed by atoms with van der Waals surface area (Å²) in [6, 6.07) is 2.06. The highest BCUT2D eigenvalue weighted by atomic mass is 19.4. The first-order valence-electron chi connectivity index (χ1n) is 7.80. The fraction of sp³-hybridized carbons (Fsp3) is 0.647. The number of aliphatic hydroxyl groups is 1. The summed E-state index contributed by atoms with van der Waals surface area (Å²) in [6.07, 6.45) is -0.841. The Kier molecular flexibility index (Phi) is 6.23. The molecule has 0 aromatic rings. The van der Waals surface area contributed by atoms with Crippen LogP contribution in [0.15, 0.2) is 23.8 Å². The van der Waals surface area contributed by atoms with E-state index in [0.29, 0.717) is 37.8 Å². The molecule has 1 saturated carbocycles. The van der Waals surface area contributed by atoms with Gasteiger partial charge in [-0.25, -0.2) is 4.79 Å². The fourth-order valence-electron chi connectivity index (χ4n) is 2.95. The van der Waals surface area contributed by atoms with Crippen LogP contribution < -0.4 is 0 Å². The molecule has 0 radical (unpaired) electrons. The number of hydrogen-bond donors (Lipinski definition) is 1. The van der Waals surface area contributed by atoms with Gasteiger partial charge in [0.1, 0.15) is 5.60 Å². The smallest absolute Gasteiger partial charge is 0.416 e. The average molecular weight is 345 g/mol. The van der Waals surface area contributed by atoms with Crippen molar-refractivity contribution >= 4 is 5.97 Å². The summed E-state index contributed by atoms with van der Waals surface area (Å²) in [6.45, 7) is 3.63. The Hall–Kier alpha value is -1.81. The van der Waals surface area contributed by atoms with Crippen LogP contribution in [0.4, 0.5) is 13.2 Å². The number of nitriles is 1. The van der Waals surface area contributed by atoms with Gasteiger partial charge in [0.25, 0.3) is 0 Å². The lowest BCUT2D eigenvalue weighted by Gasteiger charge is -2.37. The zero-order valence-electron chi connectivity index (χ0n) is 14.0. The number of ether oxygens (including phenoxy) is 1. The molecule has 24 heavy (non-hydrogen) atoms. The molecule has 1 atom stereocenters. The SMILES string of the molecule is CCC(CC)C(O)(/C=C/C(=C\C(=O)OC)C(F)(F)F)C1(C#N)CC1. The van der Waals surface area contributed by atoms with Crippen LogP contribution in [0.1, 0.15) is 39.5 Å². The standard InChI is InChI=1S/C17H22F3NO3/c1-4-12(5-2)16(23,15(11-21)8-9-15)7-6-13(17(18,19)20)10-14(22)24-3/h6-7,10,12,23H,4-5,8-9H2,1-3H3/b7-6+,13-10+. The molecule has 0 spiro atoms. The lowest BCUT2D eigenvalue weighted by Crippen LogP contribution is -2.44. The van der Waals surface area contributed by atoms with E-state index in [1.807, 2.05) is 13.8 Å². The number of carbonyl (C=O) groups is 1. The van der Waals surface area contributed by atoms with E-state index in [1.165, 1.54) is 0 Å². The molecule has 1 fully saturated rings. The molecule has 0 aliphatic heterocycles. The Labute approximate surface area is 139 Å². The van der Waals surface area contributed by atoms with Crippen molar-refractivity contribution in [2.75, 3.05) is 7.11 Å². The van der Waals surface area contributed by atoms with Crippen molar-refractivity contribution in [1.29, 1.82) is 5.26 Å². The van der Waals surface area contributed by atoms with E-state index in [9.17, 15) is 28.3 Å². The Balaban J connectivity index is 3.31. The molecule has 7 heteroatoms. The molecular weight excluding hydrogens is 323 g/mol. The number of hydrogen-bond acceptors (Lipinski definition) is 4. The van der Waals surface area contributed by atoms with E-state index < -0.39 is 28.7 Å². The van der Waals surface area contributed by atoms with Crippen LogP contribution in [-0.4, -0.2) is 30.0 Å². The monoisotopic (exact) mass is 345 g/mol. The van der Waals surface area contributed by atoms with Crippen molar-refractivity contribution in [3.05, 3.63) is 23.8 Å². The molecule has 0 aromatic carbocycles. The minimum absolute atomic E-state index is 0.329. The summed E-state index contributed by atoms with van der Waals surface area (Å²) in [4.78, 5) is 11.2. The topological polar surface area (TPSA) is 70.3 Å². The Morgan fingerprint density at radius 1 is 1.38 bits per heavy atom. The normalized spacial score (nSPS) is 19.9. The van der Waals surface area contributed by atoms with Gasteiger partial charge in [0.05, 0.1) is 24.2 Å².